The van der Waals surface area contributed by atoms with Crippen molar-refractivity contribution in [2.45, 2.75) is 20.0 Å². The maximum Gasteiger partial charge on any atom is 0.119 e. The Labute approximate surface area is 119 Å². The van der Waals surface area contributed by atoms with Gasteiger partial charge in [0.1, 0.15) is 5.75 Å². The summed E-state index contributed by atoms with van der Waals surface area (Å²) in [5, 5.41) is 4.51. The lowest BCUT2D eigenvalue weighted by molar-refractivity contribution is 0.414. The Morgan fingerprint density at radius 2 is 2.22 bits per heavy atom. The van der Waals surface area contributed by atoms with E-state index in [2.05, 4.69) is 26.2 Å². The second-order valence-corrected chi connectivity index (χ2v) is 6.08. The molecule has 0 spiro atoms. The number of aromatic nitrogens is 1. The van der Waals surface area contributed by atoms with Crippen LogP contribution in [0.4, 0.5) is 0 Å². The Balaban J connectivity index is 1.93. The van der Waals surface area contributed by atoms with Gasteiger partial charge in [0, 0.05) is 28.6 Å². The van der Waals surface area contributed by atoms with E-state index in [9.17, 15) is 0 Å². The molecule has 5 heteroatoms. The molecule has 0 fully saturated rings. The van der Waals surface area contributed by atoms with Crippen LogP contribution < -0.4 is 10.1 Å². The van der Waals surface area contributed by atoms with Crippen molar-refractivity contribution in [2.75, 3.05) is 7.11 Å². The quantitative estimate of drug-likeness (QED) is 0.912. The number of benzene rings is 1. The smallest absolute Gasteiger partial charge is 0.119 e. The van der Waals surface area contributed by atoms with Crippen molar-refractivity contribution in [1.29, 1.82) is 0 Å². The molecule has 0 aliphatic rings. The lowest BCUT2D eigenvalue weighted by Gasteiger charge is -2.08. The van der Waals surface area contributed by atoms with Crippen molar-refractivity contribution in [1.82, 2.24) is 10.3 Å². The van der Waals surface area contributed by atoms with Crippen LogP contribution in [0.25, 0.3) is 0 Å². The molecule has 3 nitrogen and oxygen atoms in total. The first-order valence-corrected chi connectivity index (χ1v) is 7.24. The number of nitrogens with one attached hydrogen (secondary N) is 1. The van der Waals surface area contributed by atoms with Gasteiger partial charge in [-0.25, -0.2) is 4.98 Å². The average molecular weight is 327 g/mol. The zero-order chi connectivity index (χ0) is 13.0. The third-order valence-electron chi connectivity index (χ3n) is 2.54. The van der Waals surface area contributed by atoms with E-state index in [0.717, 1.165) is 28.3 Å². The molecule has 1 N–H and O–H groups in total. The highest BCUT2D eigenvalue weighted by Gasteiger charge is 2.03. The molecule has 0 unspecified atom stereocenters. The minimum atomic E-state index is 0.800. The molecule has 0 saturated carbocycles. The topological polar surface area (TPSA) is 34.1 Å². The van der Waals surface area contributed by atoms with Gasteiger partial charge in [-0.15, -0.1) is 11.3 Å². The molecule has 1 heterocycles. The van der Waals surface area contributed by atoms with Gasteiger partial charge in [-0.05, 0) is 30.7 Å². The van der Waals surface area contributed by atoms with Gasteiger partial charge < -0.3 is 10.1 Å². The van der Waals surface area contributed by atoms with E-state index >= 15 is 0 Å². The molecule has 1 aromatic heterocycles. The number of halogens is 1. The van der Waals surface area contributed by atoms with Crippen molar-refractivity contribution in [3.8, 4) is 5.75 Å². The number of hydrogen-bond acceptors (Lipinski definition) is 4. The number of hydrogen-bond donors (Lipinski definition) is 1. The van der Waals surface area contributed by atoms with Crippen LogP contribution in [0.5, 0.6) is 5.75 Å². The van der Waals surface area contributed by atoms with Gasteiger partial charge in [0.15, 0.2) is 0 Å². The molecule has 0 aliphatic heterocycles. The lowest BCUT2D eigenvalue weighted by Crippen LogP contribution is -2.12. The van der Waals surface area contributed by atoms with E-state index in [1.165, 1.54) is 10.4 Å². The Morgan fingerprint density at radius 3 is 2.89 bits per heavy atom. The summed E-state index contributed by atoms with van der Waals surface area (Å²) < 4.78 is 6.32. The standard InChI is InChI=1S/C13H15BrN2OS/c1-9-16-8-12(18-9)7-15-6-10-5-11(17-2)3-4-13(10)14/h3-5,8,15H,6-7H2,1-2H3. The Bertz CT molecular complexity index is 527. The van der Waals surface area contributed by atoms with Crippen molar-refractivity contribution in [2.24, 2.45) is 0 Å². The van der Waals surface area contributed by atoms with E-state index in [4.69, 9.17) is 4.74 Å². The van der Waals surface area contributed by atoms with Crippen LogP contribution in [-0.4, -0.2) is 12.1 Å². The van der Waals surface area contributed by atoms with Gasteiger partial charge in [0.05, 0.1) is 12.1 Å². The van der Waals surface area contributed by atoms with Crippen LogP contribution in [0.2, 0.25) is 0 Å². The van der Waals surface area contributed by atoms with Crippen molar-refractivity contribution >= 4 is 27.3 Å². The molecule has 2 rings (SSSR count). The first kappa shape index (κ1) is 13.5. The highest BCUT2D eigenvalue weighted by Crippen LogP contribution is 2.22. The summed E-state index contributed by atoms with van der Waals surface area (Å²) in [4.78, 5) is 5.49. The average Bonchev–Trinajstić information content (AvgIpc) is 2.77. The van der Waals surface area contributed by atoms with Gasteiger partial charge in [0.25, 0.3) is 0 Å². The van der Waals surface area contributed by atoms with Gasteiger partial charge in [0.2, 0.25) is 0 Å². The minimum Gasteiger partial charge on any atom is -0.497 e. The van der Waals surface area contributed by atoms with Crippen LogP contribution in [0.15, 0.2) is 28.9 Å². The third-order valence-corrected chi connectivity index (χ3v) is 4.22. The number of ether oxygens (including phenoxy) is 1. The van der Waals surface area contributed by atoms with Crippen LogP contribution in [0, 0.1) is 6.92 Å². The molecular weight excluding hydrogens is 312 g/mol. The Morgan fingerprint density at radius 1 is 1.39 bits per heavy atom. The molecule has 0 aliphatic carbocycles. The van der Waals surface area contributed by atoms with Gasteiger partial charge in [-0.2, -0.15) is 0 Å². The van der Waals surface area contributed by atoms with E-state index in [-0.39, 0.29) is 0 Å². The van der Waals surface area contributed by atoms with Gasteiger partial charge in [-0.3, -0.25) is 0 Å². The van der Waals surface area contributed by atoms with Crippen LogP contribution in [-0.2, 0) is 13.1 Å². The van der Waals surface area contributed by atoms with Crippen LogP contribution >= 0.6 is 27.3 Å². The molecule has 0 saturated heterocycles. The summed E-state index contributed by atoms with van der Waals surface area (Å²) >= 11 is 5.27. The summed E-state index contributed by atoms with van der Waals surface area (Å²) in [5.41, 5.74) is 1.19. The van der Waals surface area contributed by atoms with Crippen molar-refractivity contribution in [3.05, 3.63) is 44.3 Å². The zero-order valence-electron chi connectivity index (χ0n) is 10.4. The summed E-state index contributed by atoms with van der Waals surface area (Å²) in [6.07, 6.45) is 1.92. The highest BCUT2D eigenvalue weighted by molar-refractivity contribution is 9.10. The summed E-state index contributed by atoms with van der Waals surface area (Å²) in [5.74, 6) is 0.878. The second-order valence-electron chi connectivity index (χ2n) is 3.91. The molecule has 18 heavy (non-hydrogen) atoms. The maximum atomic E-state index is 5.22. The first-order chi connectivity index (χ1) is 8.69. The number of methoxy groups -OCH3 is 1. The summed E-state index contributed by atoms with van der Waals surface area (Å²) in [6.45, 7) is 3.66. The second kappa shape index (κ2) is 6.31. The molecule has 1 aromatic carbocycles. The molecule has 2 aromatic rings. The van der Waals surface area contributed by atoms with Crippen LogP contribution in [0.3, 0.4) is 0 Å². The number of rotatable bonds is 5. The molecule has 0 radical (unpaired) electrons. The van der Waals surface area contributed by atoms with E-state index in [1.807, 2.05) is 31.3 Å². The normalized spacial score (nSPS) is 10.6. The Hall–Kier alpha value is -0.910. The molecule has 0 amide bonds. The molecular formula is C13H15BrN2OS. The summed E-state index contributed by atoms with van der Waals surface area (Å²) in [6, 6.07) is 5.99. The third kappa shape index (κ3) is 3.54. The fourth-order valence-corrected chi connectivity index (χ4v) is 2.77. The fourth-order valence-electron chi connectivity index (χ4n) is 1.62. The largest absolute Gasteiger partial charge is 0.497 e. The predicted octanol–water partition coefficient (Wildman–Crippen LogP) is 3.51. The number of thiazole rings is 1. The van der Waals surface area contributed by atoms with E-state index in [1.54, 1.807) is 18.4 Å². The van der Waals surface area contributed by atoms with Crippen LogP contribution in [0.1, 0.15) is 15.4 Å². The Kier molecular flexibility index (Phi) is 4.74. The SMILES string of the molecule is COc1ccc(Br)c(CNCc2cnc(C)s2)c1. The maximum absolute atomic E-state index is 5.22. The number of aryl methyl sites for hydroxylation is 1. The van der Waals surface area contributed by atoms with Gasteiger partial charge in [-0.1, -0.05) is 15.9 Å². The van der Waals surface area contributed by atoms with Crippen molar-refractivity contribution in [3.63, 3.8) is 0 Å². The summed E-state index contributed by atoms with van der Waals surface area (Å²) in [7, 11) is 1.68. The zero-order valence-corrected chi connectivity index (χ0v) is 12.8. The van der Waals surface area contributed by atoms with Gasteiger partial charge >= 0.3 is 0 Å². The molecule has 0 bridgehead atoms. The first-order valence-electron chi connectivity index (χ1n) is 5.63. The monoisotopic (exact) mass is 326 g/mol. The van der Waals surface area contributed by atoms with E-state index < -0.39 is 0 Å². The molecule has 96 valence electrons. The lowest BCUT2D eigenvalue weighted by atomic mass is 10.2. The van der Waals surface area contributed by atoms with Crippen molar-refractivity contribution < 1.29 is 4.74 Å². The molecule has 0 atom stereocenters. The van der Waals surface area contributed by atoms with E-state index in [0.29, 0.717) is 0 Å². The fraction of sp³-hybridized carbons (Fsp3) is 0.308. The predicted molar refractivity (Wildman–Crippen MR) is 78.1 cm³/mol. The number of nitrogens with zero attached hydrogens (tertiary/aromatic N) is 1. The highest BCUT2D eigenvalue weighted by atomic mass is 79.9. The minimum absolute atomic E-state index is 0.800.